The van der Waals surface area contributed by atoms with Gasteiger partial charge in [0.25, 0.3) is 0 Å². The molecule has 1 aromatic rings. The predicted molar refractivity (Wildman–Crippen MR) is 78.3 cm³/mol. The van der Waals surface area contributed by atoms with Crippen molar-refractivity contribution >= 4 is 11.6 Å². The largest absolute Gasteiger partial charge is 0.373 e. The molecule has 0 saturated carbocycles. The summed E-state index contributed by atoms with van der Waals surface area (Å²) in [7, 11) is 4.00. The summed E-state index contributed by atoms with van der Waals surface area (Å²) in [4.78, 5) is 11.3. The van der Waals surface area contributed by atoms with Crippen LogP contribution in [0, 0.1) is 5.92 Å². The van der Waals surface area contributed by atoms with Crippen LogP contribution in [0.2, 0.25) is 0 Å². The second-order valence-corrected chi connectivity index (χ2v) is 4.92. The topological polar surface area (TPSA) is 41.1 Å². The van der Waals surface area contributed by atoms with Gasteiger partial charge in [-0.05, 0) is 12.3 Å². The smallest absolute Gasteiger partial charge is 0.134 e. The van der Waals surface area contributed by atoms with Crippen molar-refractivity contribution in [3.05, 3.63) is 11.9 Å². The van der Waals surface area contributed by atoms with E-state index in [1.807, 2.05) is 13.1 Å². The lowest BCUT2D eigenvalue weighted by molar-refractivity contribution is 0.557. The average Bonchev–Trinajstić information content (AvgIpc) is 2.38. The zero-order valence-electron chi connectivity index (χ0n) is 12.3. The van der Waals surface area contributed by atoms with Crippen LogP contribution in [-0.4, -0.2) is 30.6 Å². The molecule has 0 aliphatic rings. The van der Waals surface area contributed by atoms with Crippen molar-refractivity contribution in [2.45, 2.75) is 40.0 Å². The minimum atomic E-state index is 0.678. The zero-order chi connectivity index (χ0) is 13.5. The molecule has 1 aromatic heterocycles. The molecule has 1 atom stereocenters. The first-order valence-corrected chi connectivity index (χ1v) is 6.87. The average molecular weight is 250 g/mol. The van der Waals surface area contributed by atoms with E-state index in [0.717, 1.165) is 36.8 Å². The molecule has 18 heavy (non-hydrogen) atoms. The molecule has 1 heterocycles. The molecule has 102 valence electrons. The highest BCUT2D eigenvalue weighted by molar-refractivity contribution is 5.48. The van der Waals surface area contributed by atoms with E-state index in [1.165, 1.54) is 6.42 Å². The Labute approximate surface area is 111 Å². The molecule has 0 amide bonds. The number of nitrogens with one attached hydrogen (secondary N) is 1. The fraction of sp³-hybridized carbons (Fsp3) is 0.714. The van der Waals surface area contributed by atoms with E-state index >= 15 is 0 Å². The summed E-state index contributed by atoms with van der Waals surface area (Å²) in [5.74, 6) is 3.52. The van der Waals surface area contributed by atoms with Crippen molar-refractivity contribution in [2.24, 2.45) is 5.92 Å². The van der Waals surface area contributed by atoms with Gasteiger partial charge in [-0.1, -0.05) is 27.2 Å². The molecule has 0 spiro atoms. The molecule has 1 unspecified atom stereocenters. The van der Waals surface area contributed by atoms with E-state index in [9.17, 15) is 0 Å². The zero-order valence-corrected chi connectivity index (χ0v) is 12.3. The van der Waals surface area contributed by atoms with Crippen molar-refractivity contribution < 1.29 is 0 Å². The van der Waals surface area contributed by atoms with Gasteiger partial charge < -0.3 is 10.2 Å². The Balaban J connectivity index is 2.88. The summed E-state index contributed by atoms with van der Waals surface area (Å²) in [6, 6.07) is 2.02. The van der Waals surface area contributed by atoms with E-state index in [1.54, 1.807) is 0 Å². The Hall–Kier alpha value is -1.32. The molecule has 1 N–H and O–H groups in total. The van der Waals surface area contributed by atoms with Gasteiger partial charge in [0.1, 0.15) is 17.5 Å². The van der Waals surface area contributed by atoms with Gasteiger partial charge in [-0.15, -0.1) is 0 Å². The highest BCUT2D eigenvalue weighted by Crippen LogP contribution is 2.17. The normalized spacial score (nSPS) is 12.3. The molecule has 4 heteroatoms. The number of hydrogen-bond acceptors (Lipinski definition) is 4. The third-order valence-electron chi connectivity index (χ3n) is 3.16. The van der Waals surface area contributed by atoms with Crippen LogP contribution in [0.4, 0.5) is 11.6 Å². The van der Waals surface area contributed by atoms with Gasteiger partial charge in [0.15, 0.2) is 0 Å². The van der Waals surface area contributed by atoms with E-state index in [2.05, 4.69) is 48.0 Å². The Bertz CT molecular complexity index is 365. The van der Waals surface area contributed by atoms with Crippen LogP contribution >= 0.6 is 0 Å². The first-order chi connectivity index (χ1) is 8.60. The second-order valence-electron chi connectivity index (χ2n) is 4.92. The Morgan fingerprint density at radius 3 is 2.61 bits per heavy atom. The van der Waals surface area contributed by atoms with Gasteiger partial charge in [-0.25, -0.2) is 9.97 Å². The van der Waals surface area contributed by atoms with Gasteiger partial charge in [0.05, 0.1) is 0 Å². The van der Waals surface area contributed by atoms with Gasteiger partial charge in [-0.2, -0.15) is 0 Å². The van der Waals surface area contributed by atoms with Crippen molar-refractivity contribution in [3.8, 4) is 0 Å². The molecule has 0 radical (unpaired) electrons. The van der Waals surface area contributed by atoms with E-state index in [-0.39, 0.29) is 0 Å². The van der Waals surface area contributed by atoms with Crippen LogP contribution in [0.1, 0.15) is 39.4 Å². The summed E-state index contributed by atoms with van der Waals surface area (Å²) >= 11 is 0. The Kier molecular flexibility index (Phi) is 5.89. The van der Waals surface area contributed by atoms with Crippen LogP contribution in [0.5, 0.6) is 0 Å². The lowest BCUT2D eigenvalue weighted by Crippen LogP contribution is -2.25. The standard InChI is InChI=1S/C14H26N4/c1-6-8-12-16-13(15-4)9-14(17-12)18(5)10-11(3)7-2/h9,11H,6-8,10H2,1-5H3,(H,15,16,17). The first kappa shape index (κ1) is 14.7. The molecule has 0 bridgehead atoms. The quantitative estimate of drug-likeness (QED) is 0.808. The molecular formula is C14H26N4. The third-order valence-corrected chi connectivity index (χ3v) is 3.16. The third kappa shape index (κ3) is 4.17. The molecule has 0 aromatic carbocycles. The lowest BCUT2D eigenvalue weighted by Gasteiger charge is -2.22. The Morgan fingerprint density at radius 1 is 1.33 bits per heavy atom. The van der Waals surface area contributed by atoms with Crippen LogP contribution in [-0.2, 0) is 6.42 Å². The fourth-order valence-electron chi connectivity index (χ4n) is 1.83. The van der Waals surface area contributed by atoms with Crippen molar-refractivity contribution in [1.82, 2.24) is 9.97 Å². The SMILES string of the molecule is CCCc1nc(NC)cc(N(C)CC(C)CC)n1. The molecule has 0 fully saturated rings. The number of rotatable bonds is 7. The highest BCUT2D eigenvalue weighted by atomic mass is 15.2. The van der Waals surface area contributed by atoms with Crippen molar-refractivity contribution in [1.29, 1.82) is 0 Å². The molecule has 0 saturated heterocycles. The van der Waals surface area contributed by atoms with Gasteiger partial charge in [0, 0.05) is 33.1 Å². The summed E-state index contributed by atoms with van der Waals surface area (Å²) in [6.45, 7) is 7.67. The predicted octanol–water partition coefficient (Wildman–Crippen LogP) is 2.95. The van der Waals surface area contributed by atoms with Crippen molar-refractivity contribution in [3.63, 3.8) is 0 Å². The highest BCUT2D eigenvalue weighted by Gasteiger charge is 2.10. The van der Waals surface area contributed by atoms with Crippen LogP contribution in [0.25, 0.3) is 0 Å². The molecule has 4 nitrogen and oxygen atoms in total. The van der Waals surface area contributed by atoms with E-state index in [4.69, 9.17) is 0 Å². The summed E-state index contributed by atoms with van der Waals surface area (Å²) in [5.41, 5.74) is 0. The molecular weight excluding hydrogens is 224 g/mol. The minimum Gasteiger partial charge on any atom is -0.373 e. The number of hydrogen-bond donors (Lipinski definition) is 1. The fourth-order valence-corrected chi connectivity index (χ4v) is 1.83. The summed E-state index contributed by atoms with van der Waals surface area (Å²) < 4.78 is 0. The minimum absolute atomic E-state index is 0.678. The summed E-state index contributed by atoms with van der Waals surface area (Å²) in [6.07, 6.45) is 3.19. The van der Waals surface area contributed by atoms with E-state index in [0.29, 0.717) is 5.92 Å². The van der Waals surface area contributed by atoms with Crippen LogP contribution in [0.3, 0.4) is 0 Å². The van der Waals surface area contributed by atoms with Gasteiger partial charge >= 0.3 is 0 Å². The maximum Gasteiger partial charge on any atom is 0.134 e. The van der Waals surface area contributed by atoms with Crippen LogP contribution in [0.15, 0.2) is 6.07 Å². The van der Waals surface area contributed by atoms with E-state index < -0.39 is 0 Å². The molecule has 1 rings (SSSR count). The maximum absolute atomic E-state index is 4.63. The monoisotopic (exact) mass is 250 g/mol. The van der Waals surface area contributed by atoms with Gasteiger partial charge in [-0.3, -0.25) is 0 Å². The molecule has 0 aliphatic carbocycles. The van der Waals surface area contributed by atoms with Crippen LogP contribution < -0.4 is 10.2 Å². The molecule has 0 aliphatic heterocycles. The number of nitrogens with zero attached hydrogens (tertiary/aromatic N) is 3. The lowest BCUT2D eigenvalue weighted by atomic mass is 10.1. The first-order valence-electron chi connectivity index (χ1n) is 6.87. The number of aryl methyl sites for hydroxylation is 1. The number of aromatic nitrogens is 2. The van der Waals surface area contributed by atoms with Crippen molar-refractivity contribution in [2.75, 3.05) is 30.9 Å². The number of anilines is 2. The second kappa shape index (κ2) is 7.19. The van der Waals surface area contributed by atoms with Gasteiger partial charge in [0.2, 0.25) is 0 Å². The maximum atomic E-state index is 4.63. The Morgan fingerprint density at radius 2 is 2.06 bits per heavy atom. The summed E-state index contributed by atoms with van der Waals surface area (Å²) in [5, 5.41) is 3.11.